The Bertz CT molecular complexity index is 1130. The molecule has 0 saturated carbocycles. The molecule has 1 N–H and O–H groups in total. The zero-order chi connectivity index (χ0) is 21.6. The second-order valence-corrected chi connectivity index (χ2v) is 7.30. The van der Waals surface area contributed by atoms with Crippen molar-refractivity contribution < 1.29 is 13.9 Å². The maximum Gasteiger partial charge on any atom is 0.407 e. The van der Waals surface area contributed by atoms with Crippen LogP contribution in [-0.4, -0.2) is 19.2 Å². The van der Waals surface area contributed by atoms with Crippen molar-refractivity contribution in [1.29, 1.82) is 5.26 Å². The molecule has 0 unspecified atom stereocenters. The van der Waals surface area contributed by atoms with Crippen molar-refractivity contribution in [2.75, 3.05) is 13.2 Å². The predicted molar refractivity (Wildman–Crippen MR) is 118 cm³/mol. The number of amides is 1. The third-order valence-corrected chi connectivity index (χ3v) is 5.35. The van der Waals surface area contributed by atoms with E-state index in [4.69, 9.17) is 10.00 Å². The van der Waals surface area contributed by atoms with Gasteiger partial charge in [0.15, 0.2) is 0 Å². The third-order valence-electron chi connectivity index (χ3n) is 5.35. The Morgan fingerprint density at radius 2 is 1.74 bits per heavy atom. The van der Waals surface area contributed by atoms with Gasteiger partial charge in [-0.25, -0.2) is 9.18 Å². The van der Waals surface area contributed by atoms with Gasteiger partial charge in [-0.05, 0) is 39.9 Å². The summed E-state index contributed by atoms with van der Waals surface area (Å²) >= 11 is 0. The molecule has 0 spiro atoms. The highest BCUT2D eigenvalue weighted by Crippen LogP contribution is 2.44. The minimum atomic E-state index is -0.523. The summed E-state index contributed by atoms with van der Waals surface area (Å²) in [6, 6.07) is 22.9. The maximum atomic E-state index is 13.9. The molecule has 154 valence electrons. The minimum Gasteiger partial charge on any atom is -0.449 e. The van der Waals surface area contributed by atoms with Crippen LogP contribution in [0, 0.1) is 17.1 Å². The van der Waals surface area contributed by atoms with Crippen LogP contribution in [0.5, 0.6) is 0 Å². The molecular weight excluding hydrogens is 391 g/mol. The van der Waals surface area contributed by atoms with Crippen molar-refractivity contribution in [3.8, 4) is 17.2 Å². The molecule has 0 atom stereocenters. The van der Waals surface area contributed by atoms with E-state index in [-0.39, 0.29) is 31.3 Å². The highest BCUT2D eigenvalue weighted by Gasteiger charge is 2.28. The Balaban J connectivity index is 1.33. The molecule has 0 radical (unpaired) electrons. The molecule has 0 heterocycles. The number of halogens is 1. The first kappa shape index (κ1) is 20.4. The Morgan fingerprint density at radius 1 is 1.06 bits per heavy atom. The van der Waals surface area contributed by atoms with E-state index in [0.29, 0.717) is 5.56 Å². The number of hydrogen-bond acceptors (Lipinski definition) is 3. The molecule has 4 nitrogen and oxygen atoms in total. The maximum absolute atomic E-state index is 13.9. The minimum absolute atomic E-state index is 0.00524. The smallest absolute Gasteiger partial charge is 0.407 e. The van der Waals surface area contributed by atoms with E-state index in [2.05, 4.69) is 29.6 Å². The fraction of sp³-hybridized carbons (Fsp3) is 0.154. The van der Waals surface area contributed by atoms with Crippen molar-refractivity contribution in [3.63, 3.8) is 0 Å². The number of benzene rings is 3. The van der Waals surface area contributed by atoms with Crippen LogP contribution in [0.4, 0.5) is 9.18 Å². The molecule has 0 fully saturated rings. The van der Waals surface area contributed by atoms with Crippen LogP contribution < -0.4 is 5.32 Å². The lowest BCUT2D eigenvalue weighted by Gasteiger charge is -2.14. The van der Waals surface area contributed by atoms with Crippen LogP contribution in [0.3, 0.4) is 0 Å². The quantitative estimate of drug-likeness (QED) is 0.586. The number of fused-ring (bicyclic) bond motifs is 3. The van der Waals surface area contributed by atoms with Crippen LogP contribution in [-0.2, 0) is 11.2 Å². The van der Waals surface area contributed by atoms with E-state index in [1.165, 1.54) is 17.2 Å². The topological polar surface area (TPSA) is 62.1 Å². The molecule has 1 amide bonds. The first-order valence-electron chi connectivity index (χ1n) is 10.1. The number of rotatable bonds is 6. The number of carbonyl (C=O) groups excluding carboxylic acids is 1. The fourth-order valence-electron chi connectivity index (χ4n) is 3.90. The average molecular weight is 412 g/mol. The fourth-order valence-corrected chi connectivity index (χ4v) is 3.90. The summed E-state index contributed by atoms with van der Waals surface area (Å²) in [6.07, 6.45) is 2.93. The molecular formula is C26H21FN2O2. The number of carbonyl (C=O) groups is 1. The first-order valence-corrected chi connectivity index (χ1v) is 10.1. The van der Waals surface area contributed by atoms with Gasteiger partial charge in [-0.15, -0.1) is 0 Å². The van der Waals surface area contributed by atoms with Crippen molar-refractivity contribution in [2.45, 2.75) is 12.3 Å². The van der Waals surface area contributed by atoms with Gasteiger partial charge in [-0.2, -0.15) is 5.26 Å². The van der Waals surface area contributed by atoms with Gasteiger partial charge in [0.1, 0.15) is 12.4 Å². The summed E-state index contributed by atoms with van der Waals surface area (Å²) in [5, 5.41) is 11.4. The van der Waals surface area contributed by atoms with Gasteiger partial charge in [0.05, 0.1) is 12.5 Å². The summed E-state index contributed by atoms with van der Waals surface area (Å²) in [5.41, 5.74) is 5.79. The molecule has 0 aliphatic heterocycles. The average Bonchev–Trinajstić information content (AvgIpc) is 3.11. The van der Waals surface area contributed by atoms with Crippen LogP contribution in [0.25, 0.3) is 17.2 Å². The molecule has 4 rings (SSSR count). The summed E-state index contributed by atoms with van der Waals surface area (Å²) in [4.78, 5) is 12.2. The standard InChI is InChI=1S/C26H21FN2O2/c27-25-12-11-18(13-14-28)16-19(25)6-5-15-29-26(30)31-17-24-22-9-3-1-7-20(22)21-8-2-4-10-23(21)24/h1-12,16,24H,13,15,17H2,(H,29,30). The largest absolute Gasteiger partial charge is 0.449 e. The van der Waals surface area contributed by atoms with Gasteiger partial charge in [0.2, 0.25) is 0 Å². The second-order valence-electron chi connectivity index (χ2n) is 7.30. The predicted octanol–water partition coefficient (Wildman–Crippen LogP) is 5.44. The zero-order valence-electron chi connectivity index (χ0n) is 16.8. The lowest BCUT2D eigenvalue weighted by Crippen LogP contribution is -2.26. The first-order chi connectivity index (χ1) is 15.2. The number of nitrogens with one attached hydrogen (secondary N) is 1. The number of ether oxygens (including phenoxy) is 1. The summed E-state index contributed by atoms with van der Waals surface area (Å²) < 4.78 is 19.4. The van der Waals surface area contributed by atoms with Crippen molar-refractivity contribution >= 4 is 12.2 Å². The van der Waals surface area contributed by atoms with Crippen LogP contribution in [0.1, 0.15) is 28.2 Å². The molecule has 5 heteroatoms. The number of hydrogen-bond donors (Lipinski definition) is 1. The normalized spacial score (nSPS) is 12.3. The van der Waals surface area contributed by atoms with Crippen molar-refractivity contribution in [3.05, 3.63) is 101 Å². The summed E-state index contributed by atoms with van der Waals surface area (Å²) in [6.45, 7) is 0.451. The van der Waals surface area contributed by atoms with E-state index in [1.807, 2.05) is 30.3 Å². The van der Waals surface area contributed by atoms with Gasteiger partial charge in [0.25, 0.3) is 0 Å². The Kier molecular flexibility index (Phi) is 6.09. The van der Waals surface area contributed by atoms with Gasteiger partial charge in [-0.3, -0.25) is 0 Å². The lowest BCUT2D eigenvalue weighted by molar-refractivity contribution is 0.144. The molecule has 31 heavy (non-hydrogen) atoms. The van der Waals surface area contributed by atoms with Gasteiger partial charge >= 0.3 is 6.09 Å². The molecule has 0 aromatic heterocycles. The highest BCUT2D eigenvalue weighted by molar-refractivity contribution is 5.79. The monoisotopic (exact) mass is 412 g/mol. The lowest BCUT2D eigenvalue weighted by atomic mass is 9.98. The highest BCUT2D eigenvalue weighted by atomic mass is 19.1. The van der Waals surface area contributed by atoms with E-state index in [1.54, 1.807) is 24.3 Å². The molecule has 1 aliphatic rings. The van der Waals surface area contributed by atoms with E-state index >= 15 is 0 Å². The van der Waals surface area contributed by atoms with E-state index in [0.717, 1.165) is 16.7 Å². The van der Waals surface area contributed by atoms with Crippen molar-refractivity contribution in [1.82, 2.24) is 5.32 Å². The van der Waals surface area contributed by atoms with Gasteiger partial charge in [0, 0.05) is 18.0 Å². The van der Waals surface area contributed by atoms with Gasteiger partial charge < -0.3 is 10.1 Å². The molecule has 3 aromatic carbocycles. The van der Waals surface area contributed by atoms with Crippen LogP contribution >= 0.6 is 0 Å². The second kappa shape index (κ2) is 9.27. The van der Waals surface area contributed by atoms with Crippen LogP contribution in [0.15, 0.2) is 72.8 Å². The van der Waals surface area contributed by atoms with Gasteiger partial charge in [-0.1, -0.05) is 66.7 Å². The molecule has 0 bridgehead atoms. The van der Waals surface area contributed by atoms with Crippen molar-refractivity contribution in [2.24, 2.45) is 0 Å². The molecule has 3 aromatic rings. The van der Waals surface area contributed by atoms with E-state index in [9.17, 15) is 9.18 Å². The Hall–Kier alpha value is -3.91. The number of nitrogens with zero attached hydrogens (tertiary/aromatic N) is 1. The SMILES string of the molecule is N#CCc1ccc(F)c(C=CCNC(=O)OCC2c3ccccc3-c3ccccc32)c1. The molecule has 1 aliphatic carbocycles. The van der Waals surface area contributed by atoms with E-state index < -0.39 is 6.09 Å². The molecule has 0 saturated heterocycles. The summed E-state index contributed by atoms with van der Waals surface area (Å²) in [5.74, 6) is -0.371. The zero-order valence-corrected chi connectivity index (χ0v) is 16.8. The van der Waals surface area contributed by atoms with Crippen LogP contribution in [0.2, 0.25) is 0 Å². The number of nitriles is 1. The Morgan fingerprint density at radius 3 is 2.42 bits per heavy atom. The number of alkyl carbamates (subject to hydrolysis) is 1. The summed E-state index contributed by atoms with van der Waals surface area (Å²) in [7, 11) is 0. The third kappa shape index (κ3) is 4.49. The Labute approximate surface area is 180 Å².